The Labute approximate surface area is 110 Å². The van der Waals surface area contributed by atoms with Crippen LogP contribution < -0.4 is 4.74 Å². The number of aryl methyl sites for hydroxylation is 3. The van der Waals surface area contributed by atoms with Gasteiger partial charge in [0.15, 0.2) is 12.4 Å². The van der Waals surface area contributed by atoms with E-state index in [0.717, 1.165) is 17.0 Å². The fourth-order valence-corrected chi connectivity index (χ4v) is 1.63. The maximum absolute atomic E-state index is 10.9. The van der Waals surface area contributed by atoms with Crippen molar-refractivity contribution >= 4 is 5.69 Å². The van der Waals surface area contributed by atoms with Crippen LogP contribution in [0.3, 0.4) is 0 Å². The molecule has 6 heteroatoms. The molecule has 1 aromatic heterocycles. The zero-order chi connectivity index (χ0) is 14.0. The van der Waals surface area contributed by atoms with Crippen LogP contribution in [-0.2, 0) is 6.61 Å². The standard InChI is InChI=1S/C13H14N2O4/c1-8-4-5-11(15(16)17)12(6-8)18-7-13-14-9(2)10(3)19-13/h4-6H,7H2,1-3H3. The minimum absolute atomic E-state index is 0.0643. The molecule has 0 amide bonds. The highest BCUT2D eigenvalue weighted by molar-refractivity contribution is 5.48. The lowest BCUT2D eigenvalue weighted by molar-refractivity contribution is -0.386. The third-order valence-electron chi connectivity index (χ3n) is 2.74. The Morgan fingerprint density at radius 1 is 1.37 bits per heavy atom. The van der Waals surface area contributed by atoms with Crippen LogP contribution in [0.1, 0.15) is 22.9 Å². The summed E-state index contributed by atoms with van der Waals surface area (Å²) in [6, 6.07) is 4.72. The third kappa shape index (κ3) is 2.90. The lowest BCUT2D eigenvalue weighted by atomic mass is 10.2. The van der Waals surface area contributed by atoms with Crippen molar-refractivity contribution in [2.24, 2.45) is 0 Å². The summed E-state index contributed by atoms with van der Waals surface area (Å²) < 4.78 is 10.8. The van der Waals surface area contributed by atoms with E-state index in [1.165, 1.54) is 6.07 Å². The van der Waals surface area contributed by atoms with E-state index in [-0.39, 0.29) is 18.0 Å². The van der Waals surface area contributed by atoms with Gasteiger partial charge < -0.3 is 9.15 Å². The molecule has 0 aliphatic heterocycles. The molecule has 0 spiro atoms. The van der Waals surface area contributed by atoms with Gasteiger partial charge in [0.1, 0.15) is 5.76 Å². The number of aromatic nitrogens is 1. The van der Waals surface area contributed by atoms with Crippen LogP contribution in [0.15, 0.2) is 22.6 Å². The normalized spacial score (nSPS) is 10.5. The molecule has 2 aromatic rings. The van der Waals surface area contributed by atoms with Gasteiger partial charge in [-0.25, -0.2) is 4.98 Å². The molecule has 0 saturated carbocycles. The number of hydrogen-bond donors (Lipinski definition) is 0. The summed E-state index contributed by atoms with van der Waals surface area (Å²) in [6.07, 6.45) is 0. The molecular weight excluding hydrogens is 248 g/mol. The van der Waals surface area contributed by atoms with Crippen molar-refractivity contribution in [2.45, 2.75) is 27.4 Å². The minimum atomic E-state index is -0.471. The largest absolute Gasteiger partial charge is 0.477 e. The fraction of sp³-hybridized carbons (Fsp3) is 0.308. The van der Waals surface area contributed by atoms with Gasteiger partial charge in [-0.05, 0) is 32.4 Å². The van der Waals surface area contributed by atoms with Crippen molar-refractivity contribution in [2.75, 3.05) is 0 Å². The molecule has 0 N–H and O–H groups in total. The molecule has 1 heterocycles. The SMILES string of the molecule is Cc1ccc([N+](=O)[O-])c(OCc2nc(C)c(C)o2)c1. The first-order chi connectivity index (χ1) is 8.97. The average molecular weight is 262 g/mol. The summed E-state index contributed by atoms with van der Waals surface area (Å²) in [5.74, 6) is 1.35. The highest BCUT2D eigenvalue weighted by Gasteiger charge is 2.16. The first kappa shape index (κ1) is 13.1. The van der Waals surface area contributed by atoms with E-state index in [1.54, 1.807) is 19.1 Å². The zero-order valence-electron chi connectivity index (χ0n) is 11.0. The predicted molar refractivity (Wildman–Crippen MR) is 68.1 cm³/mol. The molecule has 0 saturated heterocycles. The number of nitrogens with zero attached hydrogens (tertiary/aromatic N) is 2. The Kier molecular flexibility index (Phi) is 3.50. The summed E-state index contributed by atoms with van der Waals surface area (Å²) in [5.41, 5.74) is 1.61. The van der Waals surface area contributed by atoms with Crippen molar-refractivity contribution in [3.05, 3.63) is 51.2 Å². The van der Waals surface area contributed by atoms with Crippen LogP contribution in [0.5, 0.6) is 5.75 Å². The van der Waals surface area contributed by atoms with E-state index in [2.05, 4.69) is 4.98 Å². The number of nitro groups is 1. The van der Waals surface area contributed by atoms with Crippen LogP contribution >= 0.6 is 0 Å². The fourth-order valence-electron chi connectivity index (χ4n) is 1.63. The van der Waals surface area contributed by atoms with Crippen LogP contribution in [-0.4, -0.2) is 9.91 Å². The lowest BCUT2D eigenvalue weighted by Crippen LogP contribution is -1.99. The number of hydrogen-bond acceptors (Lipinski definition) is 5. The van der Waals surface area contributed by atoms with Crippen LogP contribution in [0.25, 0.3) is 0 Å². The highest BCUT2D eigenvalue weighted by atomic mass is 16.6. The third-order valence-corrected chi connectivity index (χ3v) is 2.74. The molecule has 6 nitrogen and oxygen atoms in total. The van der Waals surface area contributed by atoms with Crippen molar-refractivity contribution < 1.29 is 14.1 Å². The van der Waals surface area contributed by atoms with Gasteiger partial charge in [-0.2, -0.15) is 0 Å². The molecule has 0 unspecified atom stereocenters. The van der Waals surface area contributed by atoms with Gasteiger partial charge in [0.2, 0.25) is 5.89 Å². The van der Waals surface area contributed by atoms with E-state index in [1.807, 2.05) is 13.8 Å². The Hall–Kier alpha value is -2.37. The highest BCUT2D eigenvalue weighted by Crippen LogP contribution is 2.28. The summed E-state index contributed by atoms with van der Waals surface area (Å²) in [7, 11) is 0. The zero-order valence-corrected chi connectivity index (χ0v) is 11.0. The summed E-state index contributed by atoms with van der Waals surface area (Å²) in [6.45, 7) is 5.55. The van der Waals surface area contributed by atoms with Gasteiger partial charge in [-0.1, -0.05) is 6.07 Å². The predicted octanol–water partition coefficient (Wildman–Crippen LogP) is 3.09. The molecule has 100 valence electrons. The number of rotatable bonds is 4. The van der Waals surface area contributed by atoms with E-state index >= 15 is 0 Å². The monoisotopic (exact) mass is 262 g/mol. The van der Waals surface area contributed by atoms with E-state index in [4.69, 9.17) is 9.15 Å². The van der Waals surface area contributed by atoms with Gasteiger partial charge >= 0.3 is 5.69 Å². The molecule has 0 fully saturated rings. The van der Waals surface area contributed by atoms with Crippen molar-refractivity contribution in [1.82, 2.24) is 4.98 Å². The van der Waals surface area contributed by atoms with Gasteiger partial charge in [0.05, 0.1) is 10.6 Å². The Balaban J connectivity index is 2.19. The topological polar surface area (TPSA) is 78.4 Å². The summed E-state index contributed by atoms with van der Waals surface area (Å²) in [5, 5.41) is 10.9. The summed E-state index contributed by atoms with van der Waals surface area (Å²) in [4.78, 5) is 14.6. The Bertz CT molecular complexity index is 600. The molecule has 0 atom stereocenters. The van der Waals surface area contributed by atoms with Gasteiger partial charge in [0.25, 0.3) is 0 Å². The van der Waals surface area contributed by atoms with Crippen LogP contribution in [0, 0.1) is 30.9 Å². The van der Waals surface area contributed by atoms with Crippen LogP contribution in [0.4, 0.5) is 5.69 Å². The number of benzene rings is 1. The molecule has 2 rings (SSSR count). The second kappa shape index (κ2) is 5.09. The van der Waals surface area contributed by atoms with Crippen molar-refractivity contribution in [1.29, 1.82) is 0 Å². The molecule has 19 heavy (non-hydrogen) atoms. The first-order valence-electron chi connectivity index (χ1n) is 5.78. The van der Waals surface area contributed by atoms with Crippen molar-refractivity contribution in [3.8, 4) is 5.75 Å². The van der Waals surface area contributed by atoms with Crippen molar-refractivity contribution in [3.63, 3.8) is 0 Å². The maximum atomic E-state index is 10.9. The average Bonchev–Trinajstić information content (AvgIpc) is 2.66. The summed E-state index contributed by atoms with van der Waals surface area (Å²) >= 11 is 0. The first-order valence-corrected chi connectivity index (χ1v) is 5.78. The molecule has 0 radical (unpaired) electrons. The number of oxazole rings is 1. The van der Waals surface area contributed by atoms with E-state index in [9.17, 15) is 10.1 Å². The molecular formula is C13H14N2O4. The maximum Gasteiger partial charge on any atom is 0.310 e. The lowest BCUT2D eigenvalue weighted by Gasteiger charge is -2.05. The molecule has 0 aliphatic carbocycles. The second-order valence-electron chi connectivity index (χ2n) is 4.27. The van der Waals surface area contributed by atoms with Gasteiger partial charge in [-0.15, -0.1) is 0 Å². The van der Waals surface area contributed by atoms with E-state index in [0.29, 0.717) is 5.89 Å². The van der Waals surface area contributed by atoms with E-state index < -0.39 is 4.92 Å². The molecule has 1 aromatic carbocycles. The molecule has 0 aliphatic rings. The molecule has 0 bridgehead atoms. The second-order valence-corrected chi connectivity index (χ2v) is 4.27. The van der Waals surface area contributed by atoms with Crippen LogP contribution in [0.2, 0.25) is 0 Å². The van der Waals surface area contributed by atoms with Gasteiger partial charge in [0, 0.05) is 6.07 Å². The number of nitro benzene ring substituents is 1. The van der Waals surface area contributed by atoms with Gasteiger partial charge in [-0.3, -0.25) is 10.1 Å². The minimum Gasteiger partial charge on any atom is -0.477 e. The Morgan fingerprint density at radius 2 is 2.11 bits per heavy atom. The number of ether oxygens (including phenoxy) is 1. The Morgan fingerprint density at radius 3 is 2.68 bits per heavy atom. The smallest absolute Gasteiger partial charge is 0.310 e. The quantitative estimate of drug-likeness (QED) is 0.625.